The number of aromatic nitrogens is 1. The van der Waals surface area contributed by atoms with Crippen molar-refractivity contribution in [2.75, 3.05) is 6.61 Å². The van der Waals surface area contributed by atoms with Crippen molar-refractivity contribution in [1.82, 2.24) is 4.98 Å². The van der Waals surface area contributed by atoms with E-state index in [1.165, 1.54) is 11.3 Å². The van der Waals surface area contributed by atoms with Crippen LogP contribution in [0.4, 0.5) is 0 Å². The Morgan fingerprint density at radius 3 is 2.80 bits per heavy atom. The molecule has 0 N–H and O–H groups in total. The zero-order valence-electron chi connectivity index (χ0n) is 9.04. The van der Waals surface area contributed by atoms with Gasteiger partial charge >= 0.3 is 5.97 Å². The number of hydrogen-bond acceptors (Lipinski definition) is 4. The van der Waals surface area contributed by atoms with E-state index in [0.717, 1.165) is 17.1 Å². The van der Waals surface area contributed by atoms with Crippen LogP contribution >= 0.6 is 27.3 Å². The Bertz CT molecular complexity index is 349. The molecule has 1 atom stereocenters. The molecule has 0 aliphatic heterocycles. The molecule has 0 aliphatic rings. The minimum absolute atomic E-state index is 0.290. The second-order valence-corrected chi connectivity index (χ2v) is 5.67. The summed E-state index contributed by atoms with van der Waals surface area (Å²) in [7, 11) is 0. The van der Waals surface area contributed by atoms with Gasteiger partial charge in [0.25, 0.3) is 0 Å². The normalized spacial score (nSPS) is 14.7. The monoisotopic (exact) mass is 291 g/mol. The molecular weight excluding hydrogens is 278 g/mol. The number of halogens is 1. The van der Waals surface area contributed by atoms with Crippen LogP contribution in [0.5, 0.6) is 0 Å². The molecule has 1 heterocycles. The van der Waals surface area contributed by atoms with Crippen LogP contribution < -0.4 is 0 Å². The lowest BCUT2D eigenvalue weighted by molar-refractivity contribution is -0.145. The number of aryl methyl sites for hydroxylation is 1. The summed E-state index contributed by atoms with van der Waals surface area (Å²) < 4.78 is 4.17. The van der Waals surface area contributed by atoms with Crippen molar-refractivity contribution in [3.05, 3.63) is 16.1 Å². The van der Waals surface area contributed by atoms with Crippen LogP contribution in [0, 0.1) is 0 Å². The van der Waals surface area contributed by atoms with Gasteiger partial charge in [0.15, 0.2) is 4.32 Å². The predicted molar refractivity (Wildman–Crippen MR) is 64.4 cm³/mol. The summed E-state index contributed by atoms with van der Waals surface area (Å²) in [5.41, 5.74) is 1.00. The highest BCUT2D eigenvalue weighted by molar-refractivity contribution is 9.10. The first kappa shape index (κ1) is 12.6. The highest BCUT2D eigenvalue weighted by Gasteiger charge is 2.36. The zero-order chi connectivity index (χ0) is 11.5. The molecule has 84 valence electrons. The van der Waals surface area contributed by atoms with Gasteiger partial charge in [-0.1, -0.05) is 22.9 Å². The van der Waals surface area contributed by atoms with Crippen LogP contribution in [0.15, 0.2) is 5.38 Å². The molecule has 5 heteroatoms. The third kappa shape index (κ3) is 2.78. The molecule has 0 saturated carbocycles. The average molecular weight is 292 g/mol. The number of nitrogens with zero attached hydrogens (tertiary/aromatic N) is 1. The van der Waals surface area contributed by atoms with E-state index in [2.05, 4.69) is 20.9 Å². The van der Waals surface area contributed by atoms with Crippen LogP contribution in [0.2, 0.25) is 0 Å². The maximum Gasteiger partial charge on any atom is 0.329 e. The summed E-state index contributed by atoms with van der Waals surface area (Å²) in [5.74, 6) is -0.290. The highest BCUT2D eigenvalue weighted by Crippen LogP contribution is 2.34. The molecule has 1 aromatic heterocycles. The molecule has 0 aromatic carbocycles. The van der Waals surface area contributed by atoms with E-state index in [-0.39, 0.29) is 5.97 Å². The molecule has 1 rings (SSSR count). The molecule has 0 aliphatic carbocycles. The molecule has 1 aromatic rings. The predicted octanol–water partition coefficient (Wildman–Crippen LogP) is 2.88. The van der Waals surface area contributed by atoms with Gasteiger partial charge in [-0.3, -0.25) is 4.79 Å². The average Bonchev–Trinajstić information content (AvgIpc) is 2.66. The van der Waals surface area contributed by atoms with Gasteiger partial charge < -0.3 is 4.74 Å². The van der Waals surface area contributed by atoms with Crippen molar-refractivity contribution in [2.24, 2.45) is 0 Å². The zero-order valence-corrected chi connectivity index (χ0v) is 11.4. The molecule has 0 fully saturated rings. The van der Waals surface area contributed by atoms with E-state index in [4.69, 9.17) is 4.74 Å². The Hall–Kier alpha value is -0.420. The van der Waals surface area contributed by atoms with Gasteiger partial charge in [0.1, 0.15) is 5.01 Å². The summed E-state index contributed by atoms with van der Waals surface area (Å²) in [6.45, 7) is 5.98. The number of esters is 1. The third-order valence-corrected chi connectivity index (χ3v) is 4.05. The topological polar surface area (TPSA) is 39.2 Å². The van der Waals surface area contributed by atoms with E-state index in [9.17, 15) is 4.79 Å². The Kier molecular flexibility index (Phi) is 4.28. The number of carbonyl (C=O) groups excluding carboxylic acids is 1. The molecule has 15 heavy (non-hydrogen) atoms. The molecule has 3 nitrogen and oxygen atoms in total. The van der Waals surface area contributed by atoms with Crippen molar-refractivity contribution in [2.45, 2.75) is 31.5 Å². The second-order valence-electron chi connectivity index (χ2n) is 3.22. The Morgan fingerprint density at radius 2 is 2.33 bits per heavy atom. The summed E-state index contributed by atoms with van der Waals surface area (Å²) >= 11 is 4.85. The first-order chi connectivity index (χ1) is 7.02. The van der Waals surface area contributed by atoms with Crippen molar-refractivity contribution in [3.63, 3.8) is 0 Å². The quantitative estimate of drug-likeness (QED) is 0.633. The first-order valence-corrected chi connectivity index (χ1v) is 6.50. The largest absolute Gasteiger partial charge is 0.465 e. The van der Waals surface area contributed by atoms with Gasteiger partial charge in [-0.25, -0.2) is 4.98 Å². The standard InChI is InChI=1S/C10H14BrNO2S/c1-4-7-6-15-8(12-7)10(3,11)9(13)14-5-2/h6H,4-5H2,1-3H3/t10-/m1/s1. The lowest BCUT2D eigenvalue weighted by Gasteiger charge is -2.17. The summed E-state index contributed by atoms with van der Waals surface area (Å²) in [4.78, 5) is 16.0. The smallest absolute Gasteiger partial charge is 0.329 e. The molecule has 0 unspecified atom stereocenters. The Morgan fingerprint density at radius 1 is 1.67 bits per heavy atom. The molecular formula is C10H14BrNO2S. The van der Waals surface area contributed by atoms with E-state index in [1.807, 2.05) is 12.3 Å². The van der Waals surface area contributed by atoms with Gasteiger partial charge in [-0.15, -0.1) is 11.3 Å². The van der Waals surface area contributed by atoms with Gasteiger partial charge in [0.05, 0.1) is 12.3 Å². The van der Waals surface area contributed by atoms with Crippen LogP contribution in [-0.4, -0.2) is 17.6 Å². The van der Waals surface area contributed by atoms with Gasteiger partial charge in [0, 0.05) is 5.38 Å². The summed E-state index contributed by atoms with van der Waals surface area (Å²) in [6, 6.07) is 0. The Balaban J connectivity index is 2.89. The fraction of sp³-hybridized carbons (Fsp3) is 0.600. The number of hydrogen-bond donors (Lipinski definition) is 0. The van der Waals surface area contributed by atoms with Crippen molar-refractivity contribution in [3.8, 4) is 0 Å². The fourth-order valence-corrected chi connectivity index (χ4v) is 2.46. The molecule has 0 bridgehead atoms. The Labute approximate surface area is 102 Å². The number of thiazole rings is 1. The summed E-state index contributed by atoms with van der Waals surface area (Å²) in [5, 5.41) is 2.71. The van der Waals surface area contributed by atoms with Gasteiger partial charge in [-0.2, -0.15) is 0 Å². The van der Waals surface area contributed by atoms with Crippen LogP contribution in [0.3, 0.4) is 0 Å². The van der Waals surface area contributed by atoms with E-state index in [0.29, 0.717) is 6.61 Å². The SMILES string of the molecule is CCOC(=O)[C@](C)(Br)c1nc(CC)cs1. The lowest BCUT2D eigenvalue weighted by Crippen LogP contribution is -2.27. The fourth-order valence-electron chi connectivity index (χ4n) is 1.04. The van der Waals surface area contributed by atoms with Crippen LogP contribution in [0.1, 0.15) is 31.5 Å². The molecule has 0 amide bonds. The maximum absolute atomic E-state index is 11.7. The number of alkyl halides is 1. The van der Waals surface area contributed by atoms with E-state index < -0.39 is 4.32 Å². The summed E-state index contributed by atoms with van der Waals surface area (Å²) in [6.07, 6.45) is 0.877. The number of carbonyl (C=O) groups is 1. The van der Waals surface area contributed by atoms with Crippen molar-refractivity contribution in [1.29, 1.82) is 0 Å². The minimum atomic E-state index is -0.818. The number of rotatable bonds is 4. The molecule has 0 radical (unpaired) electrons. The minimum Gasteiger partial charge on any atom is -0.465 e. The highest BCUT2D eigenvalue weighted by atomic mass is 79.9. The van der Waals surface area contributed by atoms with Gasteiger partial charge in [-0.05, 0) is 20.3 Å². The maximum atomic E-state index is 11.7. The van der Waals surface area contributed by atoms with Crippen molar-refractivity contribution >= 4 is 33.2 Å². The third-order valence-electron chi connectivity index (χ3n) is 1.97. The van der Waals surface area contributed by atoms with Crippen LogP contribution in [-0.2, 0) is 20.3 Å². The van der Waals surface area contributed by atoms with E-state index in [1.54, 1.807) is 13.8 Å². The lowest BCUT2D eigenvalue weighted by atomic mass is 10.2. The van der Waals surface area contributed by atoms with Crippen LogP contribution in [0.25, 0.3) is 0 Å². The first-order valence-electron chi connectivity index (χ1n) is 4.83. The molecule has 0 spiro atoms. The van der Waals surface area contributed by atoms with E-state index >= 15 is 0 Å². The number of ether oxygens (including phenoxy) is 1. The van der Waals surface area contributed by atoms with Crippen molar-refractivity contribution < 1.29 is 9.53 Å². The second kappa shape index (κ2) is 5.07. The van der Waals surface area contributed by atoms with Gasteiger partial charge in [0.2, 0.25) is 0 Å². The molecule has 0 saturated heterocycles.